The number of rotatable bonds is 65. The fourth-order valence-electron chi connectivity index (χ4n) is 11.8. The van der Waals surface area contributed by atoms with Gasteiger partial charge in [0.25, 0.3) is 0 Å². The van der Waals surface area contributed by atoms with Crippen LogP contribution in [0.4, 0.5) is 0 Å². The first-order valence-electron chi connectivity index (χ1n) is 37.4. The molecule has 1 rings (SSSR count). The average Bonchev–Trinajstić information content (AvgIpc) is 1.30. The number of amides is 1. The highest BCUT2D eigenvalue weighted by atomic mass is 16.7. The van der Waals surface area contributed by atoms with Crippen molar-refractivity contribution in [2.24, 2.45) is 0 Å². The summed E-state index contributed by atoms with van der Waals surface area (Å²) in [5.74, 6) is -1.18. The molecule has 1 saturated heterocycles. The zero-order valence-corrected chi connectivity index (χ0v) is 56.9. The summed E-state index contributed by atoms with van der Waals surface area (Å²) in [6.07, 6.45) is 70.2. The Morgan fingerprint density at radius 3 is 1.21 bits per heavy atom. The molecule has 0 aliphatic carbocycles. The number of unbranched alkanes of at least 4 members (excludes halogenated alkanes) is 45. The van der Waals surface area contributed by atoms with Crippen LogP contribution in [0.15, 0.2) is 48.6 Å². The molecule has 8 unspecified atom stereocenters. The molecule has 0 aromatic heterocycles. The second-order valence-corrected chi connectivity index (χ2v) is 26.0. The normalized spacial score (nSPS) is 18.5. The summed E-state index contributed by atoms with van der Waals surface area (Å²) in [6, 6.07) is -1.02. The van der Waals surface area contributed by atoms with Crippen LogP contribution in [0.5, 0.6) is 0 Å². The standard InChI is InChI=1S/C76H141NO10/c1-4-7-10-13-16-19-22-24-26-28-30-32-34-36-37-39-41-43-45-48-51-54-57-60-63-69(80)75(84)77-67(68(79)62-59-56-53-50-47-21-18-15-12-9-6-3)66-85-76-74(73(83)72(82)70(65-78)86-76)87-71(81)64-61-58-55-52-49-46-44-42-40-38-35-33-31-29-27-25-23-20-17-14-11-8-5-2/h16,19,24-27,59,62,67-70,72-74,76,78-80,82-83H,4-15,17-18,20-23,28-58,60-61,63-66H2,1-3H3,(H,77,84)/b19-16-,26-24-,27-25+,62-59+. The van der Waals surface area contributed by atoms with E-state index >= 15 is 0 Å². The Labute approximate surface area is 536 Å². The third-order valence-electron chi connectivity index (χ3n) is 17.7. The van der Waals surface area contributed by atoms with Crippen molar-refractivity contribution in [1.29, 1.82) is 0 Å². The van der Waals surface area contributed by atoms with Gasteiger partial charge in [-0.1, -0.05) is 320 Å². The quantitative estimate of drug-likeness (QED) is 0.0195. The summed E-state index contributed by atoms with van der Waals surface area (Å²) >= 11 is 0. The van der Waals surface area contributed by atoms with E-state index in [2.05, 4.69) is 62.5 Å². The minimum Gasteiger partial charge on any atom is -0.454 e. The second kappa shape index (κ2) is 63.8. The minimum absolute atomic E-state index is 0.126. The van der Waals surface area contributed by atoms with Crippen molar-refractivity contribution >= 4 is 11.9 Å². The van der Waals surface area contributed by atoms with Crippen LogP contribution in [0.2, 0.25) is 0 Å². The van der Waals surface area contributed by atoms with Gasteiger partial charge in [0.05, 0.1) is 25.4 Å². The van der Waals surface area contributed by atoms with Crippen LogP contribution in [0, 0.1) is 0 Å². The van der Waals surface area contributed by atoms with Crippen LogP contribution < -0.4 is 5.32 Å². The smallest absolute Gasteiger partial charge is 0.306 e. The topological polar surface area (TPSA) is 175 Å². The Kier molecular flexibility index (Phi) is 60.6. The maximum Gasteiger partial charge on any atom is 0.306 e. The van der Waals surface area contributed by atoms with Gasteiger partial charge in [0.1, 0.15) is 24.4 Å². The van der Waals surface area contributed by atoms with Crippen LogP contribution in [0.1, 0.15) is 361 Å². The second-order valence-electron chi connectivity index (χ2n) is 26.0. The zero-order chi connectivity index (χ0) is 63.1. The highest BCUT2D eigenvalue weighted by Gasteiger charge is 2.47. The number of hydrogen-bond donors (Lipinski definition) is 6. The van der Waals surface area contributed by atoms with Gasteiger partial charge in [0, 0.05) is 6.42 Å². The molecular weight excluding hydrogens is 1090 g/mol. The van der Waals surface area contributed by atoms with Crippen molar-refractivity contribution < 1.29 is 49.3 Å². The van der Waals surface area contributed by atoms with Crippen molar-refractivity contribution in [3.05, 3.63) is 48.6 Å². The van der Waals surface area contributed by atoms with Gasteiger partial charge < -0.3 is 45.1 Å². The number of nitrogens with one attached hydrogen (secondary N) is 1. The van der Waals surface area contributed by atoms with E-state index in [9.17, 15) is 35.1 Å². The molecule has 1 aliphatic rings. The fraction of sp³-hybridized carbons (Fsp3) is 0.868. The molecule has 0 bridgehead atoms. The van der Waals surface area contributed by atoms with Crippen molar-refractivity contribution in [3.8, 4) is 0 Å². The first kappa shape index (κ1) is 82.6. The summed E-state index contributed by atoms with van der Waals surface area (Å²) in [4.78, 5) is 26.7. The van der Waals surface area contributed by atoms with Crippen LogP contribution in [-0.4, -0.2) is 99.6 Å². The number of esters is 1. The number of aliphatic hydroxyl groups is 5. The molecule has 87 heavy (non-hydrogen) atoms. The van der Waals surface area contributed by atoms with Crippen molar-refractivity contribution in [2.75, 3.05) is 13.2 Å². The van der Waals surface area contributed by atoms with Crippen molar-refractivity contribution in [3.63, 3.8) is 0 Å². The number of carbonyl (C=O) groups is 2. The number of carbonyl (C=O) groups excluding carboxylic acids is 2. The molecule has 0 saturated carbocycles. The van der Waals surface area contributed by atoms with Crippen LogP contribution >= 0.6 is 0 Å². The molecule has 1 fully saturated rings. The van der Waals surface area contributed by atoms with E-state index in [1.165, 1.54) is 250 Å². The van der Waals surface area contributed by atoms with Crippen LogP contribution in [0.25, 0.3) is 0 Å². The molecule has 1 aliphatic heterocycles. The summed E-state index contributed by atoms with van der Waals surface area (Å²) in [6.45, 7) is 5.81. The van der Waals surface area contributed by atoms with E-state index in [4.69, 9.17) is 14.2 Å². The van der Waals surface area contributed by atoms with Gasteiger partial charge in [-0.15, -0.1) is 0 Å². The van der Waals surface area contributed by atoms with Gasteiger partial charge in [0.2, 0.25) is 5.91 Å². The molecule has 0 radical (unpaired) electrons. The maximum absolute atomic E-state index is 13.5. The third kappa shape index (κ3) is 50.9. The Balaban J connectivity index is 2.51. The first-order valence-corrected chi connectivity index (χ1v) is 37.4. The zero-order valence-electron chi connectivity index (χ0n) is 56.9. The monoisotopic (exact) mass is 1230 g/mol. The van der Waals surface area contributed by atoms with Gasteiger partial charge in [-0.05, 0) is 83.5 Å². The highest BCUT2D eigenvalue weighted by molar-refractivity contribution is 5.80. The minimum atomic E-state index is -1.61. The number of aliphatic hydroxyl groups excluding tert-OH is 5. The van der Waals surface area contributed by atoms with Crippen molar-refractivity contribution in [1.82, 2.24) is 5.32 Å². The van der Waals surface area contributed by atoms with Gasteiger partial charge >= 0.3 is 5.97 Å². The van der Waals surface area contributed by atoms with E-state index in [1.807, 2.05) is 6.08 Å². The third-order valence-corrected chi connectivity index (χ3v) is 17.7. The van der Waals surface area contributed by atoms with Gasteiger partial charge in [-0.3, -0.25) is 9.59 Å². The van der Waals surface area contributed by atoms with Gasteiger partial charge in [-0.2, -0.15) is 0 Å². The lowest BCUT2D eigenvalue weighted by molar-refractivity contribution is -0.305. The lowest BCUT2D eigenvalue weighted by Crippen LogP contribution is -2.61. The summed E-state index contributed by atoms with van der Waals surface area (Å²) in [7, 11) is 0. The van der Waals surface area contributed by atoms with E-state index in [0.29, 0.717) is 19.3 Å². The Morgan fingerprint density at radius 1 is 0.448 bits per heavy atom. The van der Waals surface area contributed by atoms with E-state index in [0.717, 1.165) is 64.2 Å². The van der Waals surface area contributed by atoms with Crippen molar-refractivity contribution in [2.45, 2.75) is 410 Å². The predicted molar refractivity (Wildman–Crippen MR) is 366 cm³/mol. The lowest BCUT2D eigenvalue weighted by Gasteiger charge is -2.41. The summed E-state index contributed by atoms with van der Waals surface area (Å²) in [5, 5.41) is 57.3. The van der Waals surface area contributed by atoms with E-state index < -0.39 is 67.4 Å². The lowest BCUT2D eigenvalue weighted by atomic mass is 9.99. The molecule has 0 aromatic carbocycles. The molecule has 510 valence electrons. The molecule has 11 nitrogen and oxygen atoms in total. The fourth-order valence-corrected chi connectivity index (χ4v) is 11.8. The Bertz CT molecular complexity index is 1600. The molecule has 1 amide bonds. The predicted octanol–water partition coefficient (Wildman–Crippen LogP) is 19.5. The molecular formula is C76H141NO10. The SMILES string of the molecule is CCCCC/C=C\C/C=C\CCCCCCCCCCCCCCCCC(O)C(=O)NC(COC1OC(CO)C(O)C(O)C1OC(=O)CCCCCCCCCCCCCCC/C=C/CCCCCCCC)C(O)/C=C/CCCCCCCCCCC. The largest absolute Gasteiger partial charge is 0.454 e. The Morgan fingerprint density at radius 2 is 0.793 bits per heavy atom. The van der Waals surface area contributed by atoms with E-state index in [1.54, 1.807) is 6.08 Å². The summed E-state index contributed by atoms with van der Waals surface area (Å²) < 4.78 is 17.7. The Hall–Kier alpha value is -2.38. The molecule has 1 heterocycles. The average molecular weight is 1230 g/mol. The molecule has 8 atom stereocenters. The molecule has 0 aromatic rings. The number of hydrogen-bond acceptors (Lipinski definition) is 10. The van der Waals surface area contributed by atoms with Crippen LogP contribution in [0.3, 0.4) is 0 Å². The number of allylic oxidation sites excluding steroid dienone is 7. The molecule has 0 spiro atoms. The maximum atomic E-state index is 13.5. The number of ether oxygens (including phenoxy) is 3. The van der Waals surface area contributed by atoms with Gasteiger partial charge in [-0.25, -0.2) is 0 Å². The highest BCUT2D eigenvalue weighted by Crippen LogP contribution is 2.26. The van der Waals surface area contributed by atoms with E-state index in [-0.39, 0.29) is 13.0 Å². The molecule has 11 heteroatoms. The van der Waals surface area contributed by atoms with Crippen LogP contribution in [-0.2, 0) is 23.8 Å². The summed E-state index contributed by atoms with van der Waals surface area (Å²) in [5.41, 5.74) is 0. The first-order chi connectivity index (χ1) is 42.7. The molecule has 6 N–H and O–H groups in total. The van der Waals surface area contributed by atoms with Gasteiger partial charge in [0.15, 0.2) is 12.4 Å².